The number of benzene rings is 1. The number of nitrogens with one attached hydrogen (secondary N) is 1. The topological polar surface area (TPSA) is 68.8 Å². The Balaban J connectivity index is 2.29. The average molecular weight is 294 g/mol. The minimum absolute atomic E-state index is 0.0459. The third kappa shape index (κ3) is 3.00. The van der Waals surface area contributed by atoms with Gasteiger partial charge in [0.15, 0.2) is 0 Å². The second kappa shape index (κ2) is 6.35. The molecular formula is C14H20ClN5. The first-order valence-electron chi connectivity index (χ1n) is 6.64. The van der Waals surface area contributed by atoms with Gasteiger partial charge in [-0.15, -0.1) is 0 Å². The molecule has 0 aliphatic carbocycles. The molecule has 0 spiro atoms. The highest BCUT2D eigenvalue weighted by Gasteiger charge is 2.18. The van der Waals surface area contributed by atoms with Crippen LogP contribution in [0.1, 0.15) is 42.9 Å². The Hall–Kier alpha value is -1.43. The standard InChI is InChI=1S/C14H20ClN5/c1-9(2)20-14(17-8-18-20)7-13(19-16)11-5-4-6-12(15)10(11)3/h4-6,8-9,13,19H,7,16H2,1-3H3. The van der Waals surface area contributed by atoms with Crippen LogP contribution in [-0.2, 0) is 6.42 Å². The lowest BCUT2D eigenvalue weighted by Gasteiger charge is -2.20. The van der Waals surface area contributed by atoms with Gasteiger partial charge in [-0.2, -0.15) is 5.10 Å². The summed E-state index contributed by atoms with van der Waals surface area (Å²) in [4.78, 5) is 4.33. The number of rotatable bonds is 5. The van der Waals surface area contributed by atoms with Gasteiger partial charge in [-0.25, -0.2) is 9.67 Å². The lowest BCUT2D eigenvalue weighted by Crippen LogP contribution is -2.31. The summed E-state index contributed by atoms with van der Waals surface area (Å²) >= 11 is 6.18. The van der Waals surface area contributed by atoms with Gasteiger partial charge in [0, 0.05) is 17.5 Å². The maximum atomic E-state index is 6.18. The van der Waals surface area contributed by atoms with Crippen molar-refractivity contribution >= 4 is 11.6 Å². The molecule has 2 rings (SSSR count). The molecule has 20 heavy (non-hydrogen) atoms. The summed E-state index contributed by atoms with van der Waals surface area (Å²) in [6.45, 7) is 6.15. The van der Waals surface area contributed by atoms with Gasteiger partial charge in [-0.1, -0.05) is 23.7 Å². The summed E-state index contributed by atoms with van der Waals surface area (Å²) < 4.78 is 1.91. The zero-order valence-electron chi connectivity index (χ0n) is 12.0. The molecule has 3 N–H and O–H groups in total. The van der Waals surface area contributed by atoms with Crippen LogP contribution in [0, 0.1) is 6.92 Å². The van der Waals surface area contributed by atoms with Gasteiger partial charge in [-0.3, -0.25) is 11.3 Å². The van der Waals surface area contributed by atoms with Crippen LogP contribution in [0.25, 0.3) is 0 Å². The van der Waals surface area contributed by atoms with Crippen LogP contribution in [0.5, 0.6) is 0 Å². The van der Waals surface area contributed by atoms with E-state index in [2.05, 4.69) is 29.4 Å². The van der Waals surface area contributed by atoms with E-state index in [1.54, 1.807) is 6.33 Å². The highest BCUT2D eigenvalue weighted by Crippen LogP contribution is 2.26. The SMILES string of the molecule is Cc1c(Cl)cccc1C(Cc1ncnn1C(C)C)NN. The van der Waals surface area contributed by atoms with Crippen LogP contribution in [0.2, 0.25) is 5.02 Å². The second-order valence-corrected chi connectivity index (χ2v) is 5.50. The molecule has 1 heterocycles. The van der Waals surface area contributed by atoms with E-state index in [1.165, 1.54) is 0 Å². The number of aromatic nitrogens is 3. The first kappa shape index (κ1) is 15.0. The molecule has 0 saturated heterocycles. The van der Waals surface area contributed by atoms with E-state index in [1.807, 2.05) is 29.8 Å². The third-order valence-corrected chi connectivity index (χ3v) is 3.82. The molecule has 1 aromatic carbocycles. The van der Waals surface area contributed by atoms with Crippen molar-refractivity contribution in [2.24, 2.45) is 5.84 Å². The fraction of sp³-hybridized carbons (Fsp3) is 0.429. The van der Waals surface area contributed by atoms with Gasteiger partial charge < -0.3 is 0 Å². The van der Waals surface area contributed by atoms with Gasteiger partial charge in [-0.05, 0) is 38.0 Å². The summed E-state index contributed by atoms with van der Waals surface area (Å²) in [6, 6.07) is 6.07. The van der Waals surface area contributed by atoms with E-state index in [0.29, 0.717) is 6.42 Å². The summed E-state index contributed by atoms with van der Waals surface area (Å²) in [5, 5.41) is 4.99. The Labute approximate surface area is 124 Å². The van der Waals surface area contributed by atoms with E-state index < -0.39 is 0 Å². The molecule has 5 nitrogen and oxygen atoms in total. The molecule has 1 unspecified atom stereocenters. The van der Waals surface area contributed by atoms with Crippen molar-refractivity contribution in [1.29, 1.82) is 0 Å². The van der Waals surface area contributed by atoms with E-state index in [4.69, 9.17) is 17.4 Å². The number of nitrogens with zero attached hydrogens (tertiary/aromatic N) is 3. The lowest BCUT2D eigenvalue weighted by molar-refractivity contribution is 0.468. The van der Waals surface area contributed by atoms with E-state index in [0.717, 1.165) is 22.0 Å². The van der Waals surface area contributed by atoms with E-state index >= 15 is 0 Å². The number of hydrazine groups is 1. The van der Waals surface area contributed by atoms with Crippen molar-refractivity contribution in [3.05, 3.63) is 46.5 Å². The third-order valence-electron chi connectivity index (χ3n) is 3.41. The monoisotopic (exact) mass is 293 g/mol. The Bertz CT molecular complexity index is 579. The van der Waals surface area contributed by atoms with Crippen molar-refractivity contribution in [1.82, 2.24) is 20.2 Å². The van der Waals surface area contributed by atoms with Gasteiger partial charge in [0.05, 0.1) is 6.04 Å². The predicted octanol–water partition coefficient (Wildman–Crippen LogP) is 2.57. The molecule has 108 valence electrons. The fourth-order valence-corrected chi connectivity index (χ4v) is 2.48. The molecular weight excluding hydrogens is 274 g/mol. The quantitative estimate of drug-likeness (QED) is 0.657. The molecule has 2 aromatic rings. The zero-order chi connectivity index (χ0) is 14.7. The van der Waals surface area contributed by atoms with Crippen molar-refractivity contribution < 1.29 is 0 Å². The van der Waals surface area contributed by atoms with Gasteiger partial charge >= 0.3 is 0 Å². The van der Waals surface area contributed by atoms with Crippen molar-refractivity contribution in [3.8, 4) is 0 Å². The fourth-order valence-electron chi connectivity index (χ4n) is 2.29. The molecule has 6 heteroatoms. The highest BCUT2D eigenvalue weighted by molar-refractivity contribution is 6.31. The van der Waals surface area contributed by atoms with E-state index in [-0.39, 0.29) is 12.1 Å². The van der Waals surface area contributed by atoms with Crippen LogP contribution >= 0.6 is 11.6 Å². The molecule has 0 radical (unpaired) electrons. The molecule has 1 atom stereocenters. The first-order valence-corrected chi connectivity index (χ1v) is 7.02. The summed E-state index contributed by atoms with van der Waals surface area (Å²) in [5.74, 6) is 6.62. The molecule has 0 bridgehead atoms. The Kier molecular flexibility index (Phi) is 4.75. The van der Waals surface area contributed by atoms with Crippen LogP contribution in [0.3, 0.4) is 0 Å². The van der Waals surface area contributed by atoms with Crippen molar-refractivity contribution in [3.63, 3.8) is 0 Å². The first-order chi connectivity index (χ1) is 9.54. The molecule has 0 fully saturated rings. The molecule has 0 aliphatic heterocycles. The molecule has 0 saturated carbocycles. The van der Waals surface area contributed by atoms with E-state index in [9.17, 15) is 0 Å². The Morgan fingerprint density at radius 2 is 2.15 bits per heavy atom. The van der Waals surface area contributed by atoms with Crippen LogP contribution < -0.4 is 11.3 Å². The Morgan fingerprint density at radius 3 is 2.80 bits per heavy atom. The lowest BCUT2D eigenvalue weighted by atomic mass is 9.99. The minimum Gasteiger partial charge on any atom is -0.271 e. The molecule has 0 amide bonds. The summed E-state index contributed by atoms with van der Waals surface area (Å²) in [7, 11) is 0. The summed E-state index contributed by atoms with van der Waals surface area (Å²) in [5.41, 5.74) is 4.97. The second-order valence-electron chi connectivity index (χ2n) is 5.09. The number of hydrogen-bond donors (Lipinski definition) is 2. The van der Waals surface area contributed by atoms with Crippen LogP contribution in [-0.4, -0.2) is 14.8 Å². The number of nitrogens with two attached hydrogens (primary N) is 1. The van der Waals surface area contributed by atoms with Crippen LogP contribution in [0.15, 0.2) is 24.5 Å². The number of hydrogen-bond acceptors (Lipinski definition) is 4. The zero-order valence-corrected chi connectivity index (χ0v) is 12.7. The van der Waals surface area contributed by atoms with Gasteiger partial charge in [0.25, 0.3) is 0 Å². The summed E-state index contributed by atoms with van der Waals surface area (Å²) in [6.07, 6.45) is 2.24. The highest BCUT2D eigenvalue weighted by atomic mass is 35.5. The number of halogens is 1. The predicted molar refractivity (Wildman–Crippen MR) is 80.4 cm³/mol. The molecule has 0 aliphatic rings. The minimum atomic E-state index is -0.0459. The van der Waals surface area contributed by atoms with Crippen LogP contribution in [0.4, 0.5) is 0 Å². The Morgan fingerprint density at radius 1 is 1.40 bits per heavy atom. The van der Waals surface area contributed by atoms with Crippen molar-refractivity contribution in [2.45, 2.75) is 39.3 Å². The average Bonchev–Trinajstić information content (AvgIpc) is 2.88. The maximum Gasteiger partial charge on any atom is 0.138 e. The van der Waals surface area contributed by atoms with Gasteiger partial charge in [0.2, 0.25) is 0 Å². The smallest absolute Gasteiger partial charge is 0.138 e. The van der Waals surface area contributed by atoms with Gasteiger partial charge in [0.1, 0.15) is 12.2 Å². The maximum absolute atomic E-state index is 6.18. The normalized spacial score (nSPS) is 12.9. The largest absolute Gasteiger partial charge is 0.271 e. The van der Waals surface area contributed by atoms with Crippen molar-refractivity contribution in [2.75, 3.05) is 0 Å². The molecule has 1 aromatic heterocycles.